The Kier molecular flexibility index (Phi) is 7.08. The first-order valence-corrected chi connectivity index (χ1v) is 13.4. The maximum atomic E-state index is 10.0. The lowest BCUT2D eigenvalue weighted by molar-refractivity contribution is 0.884. The topological polar surface area (TPSA) is 54.5 Å². The molecule has 0 radical (unpaired) electrons. The zero-order valence-electron chi connectivity index (χ0n) is 19.4. The number of allylic oxidation sites excluding steroid dienone is 1. The Bertz CT molecular complexity index is 1470. The average Bonchev–Trinajstić information content (AvgIpc) is 3.53. The number of nitriles is 1. The fourth-order valence-electron chi connectivity index (χ4n) is 3.76. The monoisotopic (exact) mass is 492 g/mol. The fraction of sp³-hybridized carbons (Fsp3) is 0.138. The summed E-state index contributed by atoms with van der Waals surface area (Å²) in [6, 6.07) is 28.9. The van der Waals surface area contributed by atoms with Crippen LogP contribution in [0.15, 0.2) is 90.0 Å². The van der Waals surface area contributed by atoms with Crippen LogP contribution in [0.25, 0.3) is 38.8 Å². The van der Waals surface area contributed by atoms with Crippen molar-refractivity contribution in [3.63, 3.8) is 0 Å². The molecule has 0 saturated heterocycles. The highest BCUT2D eigenvalue weighted by atomic mass is 32.2. The highest BCUT2D eigenvalue weighted by Crippen LogP contribution is 2.32. The van der Waals surface area contributed by atoms with Gasteiger partial charge in [0.05, 0.1) is 27.2 Å². The Morgan fingerprint density at radius 2 is 1.80 bits per heavy atom. The molecule has 0 atom stereocenters. The van der Waals surface area contributed by atoms with Crippen LogP contribution < -0.4 is 0 Å². The van der Waals surface area contributed by atoms with Crippen LogP contribution in [-0.2, 0) is 0 Å². The number of aromatic nitrogens is 3. The third-order valence-corrected chi connectivity index (χ3v) is 7.77. The van der Waals surface area contributed by atoms with Crippen molar-refractivity contribution in [2.24, 2.45) is 0 Å². The van der Waals surface area contributed by atoms with E-state index in [-0.39, 0.29) is 0 Å². The summed E-state index contributed by atoms with van der Waals surface area (Å²) < 4.78 is 2.94. The normalized spacial score (nSPS) is 11.6. The molecule has 2 aromatic heterocycles. The molecule has 3 aromatic carbocycles. The smallest absolute Gasteiger partial charge is 0.135 e. The highest BCUT2D eigenvalue weighted by Gasteiger charge is 2.15. The van der Waals surface area contributed by atoms with Crippen molar-refractivity contribution in [3.8, 4) is 23.0 Å². The van der Waals surface area contributed by atoms with Gasteiger partial charge in [0, 0.05) is 22.2 Å². The molecule has 0 saturated carbocycles. The lowest BCUT2D eigenvalue weighted by atomic mass is 10.1. The van der Waals surface area contributed by atoms with Gasteiger partial charge in [-0.2, -0.15) is 10.4 Å². The molecule has 6 heteroatoms. The number of unbranched alkanes of at least 4 members (excludes halogenated alkanes) is 1. The van der Waals surface area contributed by atoms with E-state index in [4.69, 9.17) is 10.1 Å². The van der Waals surface area contributed by atoms with Crippen molar-refractivity contribution in [1.82, 2.24) is 14.8 Å². The molecule has 35 heavy (non-hydrogen) atoms. The third-order valence-electron chi connectivity index (χ3n) is 5.60. The van der Waals surface area contributed by atoms with Gasteiger partial charge in [0.25, 0.3) is 0 Å². The first kappa shape index (κ1) is 23.1. The van der Waals surface area contributed by atoms with Gasteiger partial charge in [0.1, 0.15) is 11.1 Å². The Labute approximate surface area is 213 Å². The second kappa shape index (κ2) is 10.7. The number of hydrogen-bond donors (Lipinski definition) is 0. The van der Waals surface area contributed by atoms with Gasteiger partial charge in [-0.15, -0.1) is 23.1 Å². The maximum absolute atomic E-state index is 10.0. The van der Waals surface area contributed by atoms with Crippen molar-refractivity contribution >= 4 is 45.0 Å². The fourth-order valence-corrected chi connectivity index (χ4v) is 5.69. The van der Waals surface area contributed by atoms with E-state index in [9.17, 15) is 5.26 Å². The van der Waals surface area contributed by atoms with Gasteiger partial charge in [-0.1, -0.05) is 55.8 Å². The van der Waals surface area contributed by atoms with Crippen LogP contribution in [0.5, 0.6) is 0 Å². The lowest BCUT2D eigenvalue weighted by Gasteiger charge is -2.04. The van der Waals surface area contributed by atoms with Gasteiger partial charge < -0.3 is 0 Å². The molecule has 172 valence electrons. The molecule has 0 bridgehead atoms. The number of thioether (sulfide) groups is 1. The molecule has 2 heterocycles. The lowest BCUT2D eigenvalue weighted by Crippen LogP contribution is -1.94. The molecule has 0 spiro atoms. The van der Waals surface area contributed by atoms with E-state index in [0.717, 1.165) is 43.5 Å². The Morgan fingerprint density at radius 3 is 2.54 bits per heavy atom. The standard InChI is InChI=1S/C29H24N4S2/c1-2-3-17-34-25-15-13-21(14-16-25)28-23(20-33(32-28)24-9-5-4-6-10-24)18-22(19-30)29-31-26-11-7-8-12-27(26)35-29/h4-16,18,20H,2-3,17H2,1H3/b22-18+. The number of para-hydroxylation sites is 2. The predicted molar refractivity (Wildman–Crippen MR) is 148 cm³/mol. The van der Waals surface area contributed by atoms with E-state index >= 15 is 0 Å². The van der Waals surface area contributed by atoms with E-state index < -0.39 is 0 Å². The van der Waals surface area contributed by atoms with Crippen LogP contribution in [0, 0.1) is 11.3 Å². The van der Waals surface area contributed by atoms with Crippen molar-refractivity contribution in [2.75, 3.05) is 5.75 Å². The Balaban J connectivity index is 1.56. The first-order chi connectivity index (χ1) is 17.2. The van der Waals surface area contributed by atoms with Gasteiger partial charge in [-0.05, 0) is 54.6 Å². The molecule has 0 aliphatic carbocycles. The molecule has 0 fully saturated rings. The van der Waals surface area contributed by atoms with Gasteiger partial charge >= 0.3 is 0 Å². The second-order valence-electron chi connectivity index (χ2n) is 8.10. The summed E-state index contributed by atoms with van der Waals surface area (Å²) >= 11 is 3.41. The summed E-state index contributed by atoms with van der Waals surface area (Å²) in [5.41, 5.74) is 5.16. The molecule has 5 rings (SSSR count). The number of fused-ring (bicyclic) bond motifs is 1. The van der Waals surface area contributed by atoms with Crippen LogP contribution in [0.2, 0.25) is 0 Å². The van der Waals surface area contributed by atoms with Gasteiger partial charge in [0.2, 0.25) is 0 Å². The van der Waals surface area contributed by atoms with Crippen molar-refractivity contribution in [1.29, 1.82) is 5.26 Å². The minimum atomic E-state index is 0.534. The first-order valence-electron chi connectivity index (χ1n) is 11.6. The van der Waals surface area contributed by atoms with Gasteiger partial charge in [-0.25, -0.2) is 9.67 Å². The second-order valence-corrected chi connectivity index (χ2v) is 10.3. The minimum absolute atomic E-state index is 0.534. The largest absolute Gasteiger partial charge is 0.240 e. The number of thiazole rings is 1. The van der Waals surface area contributed by atoms with Crippen molar-refractivity contribution < 1.29 is 0 Å². The predicted octanol–water partition coefficient (Wildman–Crippen LogP) is 8.11. The van der Waals surface area contributed by atoms with Crippen LogP contribution in [-0.4, -0.2) is 20.5 Å². The maximum Gasteiger partial charge on any atom is 0.135 e. The molecule has 0 unspecified atom stereocenters. The molecular formula is C29H24N4S2. The van der Waals surface area contributed by atoms with E-state index in [0.29, 0.717) is 5.57 Å². The molecule has 0 N–H and O–H groups in total. The summed E-state index contributed by atoms with van der Waals surface area (Å²) in [4.78, 5) is 5.95. The van der Waals surface area contributed by atoms with E-state index in [1.165, 1.54) is 29.1 Å². The van der Waals surface area contributed by atoms with Crippen LogP contribution >= 0.6 is 23.1 Å². The number of hydrogen-bond acceptors (Lipinski definition) is 5. The van der Waals surface area contributed by atoms with Crippen LogP contribution in [0.1, 0.15) is 30.3 Å². The number of nitrogens with zero attached hydrogens (tertiary/aromatic N) is 4. The third kappa shape index (κ3) is 5.22. The zero-order chi connectivity index (χ0) is 24.0. The summed E-state index contributed by atoms with van der Waals surface area (Å²) in [7, 11) is 0. The SMILES string of the molecule is CCCCSc1ccc(-c2nn(-c3ccccc3)cc2/C=C(\C#N)c2nc3ccccc3s2)cc1. The van der Waals surface area contributed by atoms with E-state index in [2.05, 4.69) is 37.3 Å². The molecular weight excluding hydrogens is 468 g/mol. The highest BCUT2D eigenvalue weighted by molar-refractivity contribution is 7.99. The molecule has 4 nitrogen and oxygen atoms in total. The van der Waals surface area contributed by atoms with Gasteiger partial charge in [0.15, 0.2) is 0 Å². The Morgan fingerprint density at radius 1 is 1.03 bits per heavy atom. The minimum Gasteiger partial charge on any atom is -0.240 e. The van der Waals surface area contributed by atoms with Crippen LogP contribution in [0.3, 0.4) is 0 Å². The summed E-state index contributed by atoms with van der Waals surface area (Å²) in [5.74, 6) is 1.13. The quantitative estimate of drug-likeness (QED) is 0.125. The van der Waals surface area contributed by atoms with Crippen molar-refractivity contribution in [2.45, 2.75) is 24.7 Å². The van der Waals surface area contributed by atoms with E-state index in [1.54, 1.807) is 0 Å². The molecule has 5 aromatic rings. The number of rotatable bonds is 8. The van der Waals surface area contributed by atoms with E-state index in [1.807, 2.05) is 83.3 Å². The average molecular weight is 493 g/mol. The summed E-state index contributed by atoms with van der Waals surface area (Å²) in [6.45, 7) is 2.21. The summed E-state index contributed by atoms with van der Waals surface area (Å²) in [6.07, 6.45) is 6.31. The Hall–Kier alpha value is -3.66. The molecule has 0 amide bonds. The molecule has 0 aliphatic rings. The summed E-state index contributed by atoms with van der Waals surface area (Å²) in [5, 5.41) is 15.6. The van der Waals surface area contributed by atoms with Crippen molar-refractivity contribution in [3.05, 3.63) is 95.6 Å². The molecule has 0 aliphatic heterocycles. The number of benzene rings is 3. The van der Waals surface area contributed by atoms with Gasteiger partial charge in [-0.3, -0.25) is 0 Å². The van der Waals surface area contributed by atoms with Crippen LogP contribution in [0.4, 0.5) is 0 Å². The zero-order valence-corrected chi connectivity index (χ0v) is 21.0.